The lowest BCUT2D eigenvalue weighted by Gasteiger charge is -2.63. The number of piperidine rings is 2. The molecule has 2 saturated heterocycles. The highest BCUT2D eigenvalue weighted by Gasteiger charge is 2.65. The minimum absolute atomic E-state index is 0.0656. The Morgan fingerprint density at radius 1 is 1.42 bits per heavy atom. The van der Waals surface area contributed by atoms with Crippen molar-refractivity contribution in [3.63, 3.8) is 0 Å². The number of aliphatic carboxylic acids is 1. The minimum Gasteiger partial charge on any atom is -0.481 e. The van der Waals surface area contributed by atoms with E-state index in [1.807, 2.05) is 0 Å². The van der Waals surface area contributed by atoms with Crippen molar-refractivity contribution in [2.24, 2.45) is 16.7 Å². The van der Waals surface area contributed by atoms with Crippen LogP contribution in [0.5, 0.6) is 0 Å². The van der Waals surface area contributed by atoms with Crippen LogP contribution in [0.4, 0.5) is 4.79 Å². The van der Waals surface area contributed by atoms with Crippen LogP contribution in [-0.4, -0.2) is 41.8 Å². The molecule has 1 N–H and O–H groups in total. The van der Waals surface area contributed by atoms with E-state index in [2.05, 4.69) is 20.4 Å². The molecule has 2 aliphatic heterocycles. The van der Waals surface area contributed by atoms with Crippen molar-refractivity contribution in [1.29, 1.82) is 0 Å². The van der Waals surface area contributed by atoms with Crippen LogP contribution in [0.15, 0.2) is 12.7 Å². The number of ether oxygens (including phenoxy) is 1. The summed E-state index contributed by atoms with van der Waals surface area (Å²) < 4.78 is 5.03. The van der Waals surface area contributed by atoms with Gasteiger partial charge in [0.15, 0.2) is 0 Å². The van der Waals surface area contributed by atoms with Crippen molar-refractivity contribution in [3.05, 3.63) is 12.7 Å². The van der Waals surface area contributed by atoms with Crippen molar-refractivity contribution >= 4 is 12.1 Å². The van der Waals surface area contributed by atoms with Gasteiger partial charge in [-0.15, -0.1) is 0 Å². The summed E-state index contributed by atoms with van der Waals surface area (Å²) in [4.78, 5) is 24.9. The zero-order valence-electron chi connectivity index (χ0n) is 11.5. The smallest absolute Gasteiger partial charge is 0.410 e. The summed E-state index contributed by atoms with van der Waals surface area (Å²) in [5.41, 5.74) is -0.834. The Labute approximate surface area is 113 Å². The fraction of sp³-hybridized carbons (Fsp3) is 0.714. The molecule has 106 valence electrons. The number of fused-ring (bicyclic) bond motifs is 2. The third-order valence-corrected chi connectivity index (χ3v) is 4.64. The average molecular weight is 267 g/mol. The Kier molecular flexibility index (Phi) is 3.32. The van der Waals surface area contributed by atoms with Gasteiger partial charge in [-0.05, 0) is 24.2 Å². The normalized spacial score (nSPS) is 32.7. The Bertz CT molecular complexity index is 410. The molecule has 5 heteroatoms. The number of carboxylic acids is 1. The van der Waals surface area contributed by atoms with E-state index >= 15 is 0 Å². The van der Waals surface area contributed by atoms with Crippen LogP contribution >= 0.6 is 0 Å². The molecule has 0 atom stereocenters. The highest BCUT2D eigenvalue weighted by atomic mass is 16.6. The van der Waals surface area contributed by atoms with Crippen LogP contribution < -0.4 is 0 Å². The molecule has 0 radical (unpaired) electrons. The minimum atomic E-state index is -0.801. The number of hydrogen-bond acceptors (Lipinski definition) is 3. The molecular weight excluding hydrogens is 246 g/mol. The molecule has 2 heterocycles. The molecule has 1 aliphatic carbocycles. The lowest BCUT2D eigenvalue weighted by atomic mass is 9.46. The zero-order valence-corrected chi connectivity index (χ0v) is 11.5. The maximum atomic E-state index is 11.9. The molecule has 19 heavy (non-hydrogen) atoms. The molecular formula is C14H21NO4. The Morgan fingerprint density at radius 2 is 2.05 bits per heavy atom. The number of carbonyl (C=O) groups is 2. The number of hydrogen-bond donors (Lipinski definition) is 1. The van der Waals surface area contributed by atoms with Crippen molar-refractivity contribution in [1.82, 2.24) is 4.90 Å². The summed E-state index contributed by atoms with van der Waals surface area (Å²) in [6, 6.07) is 0. The van der Waals surface area contributed by atoms with Gasteiger partial charge in [-0.1, -0.05) is 26.5 Å². The van der Waals surface area contributed by atoms with Crippen molar-refractivity contribution in [3.8, 4) is 0 Å². The number of nitrogens with zero attached hydrogens (tertiary/aromatic N) is 1. The maximum Gasteiger partial charge on any atom is 0.410 e. The lowest BCUT2D eigenvalue weighted by Crippen LogP contribution is -2.68. The van der Waals surface area contributed by atoms with Gasteiger partial charge < -0.3 is 14.7 Å². The number of rotatable bonds is 4. The number of carboxylic acid groups (broad SMARTS) is 1. The second kappa shape index (κ2) is 4.54. The second-order valence-corrected chi connectivity index (χ2v) is 6.18. The average Bonchev–Trinajstić information content (AvgIpc) is 2.34. The SMILES string of the molecule is C=CCOC(=O)N1CC2(C(=O)O)CC(C(C)C)(C1)C2. The molecule has 0 spiro atoms. The highest BCUT2D eigenvalue weighted by Crippen LogP contribution is 2.62. The fourth-order valence-corrected chi connectivity index (χ4v) is 3.48. The summed E-state index contributed by atoms with van der Waals surface area (Å²) in [6.07, 6.45) is 2.40. The predicted octanol–water partition coefficient (Wildman–Crippen LogP) is 2.13. The van der Waals surface area contributed by atoms with E-state index in [1.54, 1.807) is 4.90 Å². The zero-order chi connectivity index (χ0) is 14.3. The van der Waals surface area contributed by atoms with E-state index in [0.29, 0.717) is 25.3 Å². The monoisotopic (exact) mass is 267 g/mol. The predicted molar refractivity (Wildman–Crippen MR) is 69.7 cm³/mol. The van der Waals surface area contributed by atoms with E-state index in [0.717, 1.165) is 0 Å². The molecule has 1 saturated carbocycles. The summed E-state index contributed by atoms with van der Waals surface area (Å²) in [7, 11) is 0. The summed E-state index contributed by atoms with van der Waals surface area (Å²) >= 11 is 0. The van der Waals surface area contributed by atoms with Gasteiger partial charge in [0.25, 0.3) is 0 Å². The Hall–Kier alpha value is -1.52. The molecule has 2 bridgehead atoms. The lowest BCUT2D eigenvalue weighted by molar-refractivity contribution is -0.190. The van der Waals surface area contributed by atoms with Crippen molar-refractivity contribution < 1.29 is 19.4 Å². The van der Waals surface area contributed by atoms with Gasteiger partial charge in [0.1, 0.15) is 6.61 Å². The molecule has 5 nitrogen and oxygen atoms in total. The first kappa shape index (κ1) is 13.9. The van der Waals surface area contributed by atoms with Gasteiger partial charge >= 0.3 is 12.1 Å². The van der Waals surface area contributed by atoms with E-state index in [4.69, 9.17) is 4.74 Å². The van der Waals surface area contributed by atoms with Gasteiger partial charge in [0.2, 0.25) is 0 Å². The molecule has 1 amide bonds. The molecule has 0 aromatic heterocycles. The van der Waals surface area contributed by atoms with Gasteiger partial charge in [0.05, 0.1) is 5.41 Å². The third kappa shape index (κ3) is 2.11. The fourth-order valence-electron chi connectivity index (χ4n) is 3.48. The molecule has 0 unspecified atom stereocenters. The quantitative estimate of drug-likeness (QED) is 0.792. The first-order valence-electron chi connectivity index (χ1n) is 6.61. The molecule has 0 aromatic carbocycles. The summed E-state index contributed by atoms with van der Waals surface area (Å²) in [5, 5.41) is 9.41. The first-order chi connectivity index (χ1) is 8.85. The molecule has 3 rings (SSSR count). The van der Waals surface area contributed by atoms with E-state index in [9.17, 15) is 14.7 Å². The van der Waals surface area contributed by atoms with Crippen molar-refractivity contribution in [2.45, 2.75) is 26.7 Å². The van der Waals surface area contributed by atoms with Crippen LogP contribution in [0, 0.1) is 16.7 Å². The van der Waals surface area contributed by atoms with Crippen LogP contribution in [0.25, 0.3) is 0 Å². The van der Waals surface area contributed by atoms with Gasteiger partial charge in [-0.2, -0.15) is 0 Å². The maximum absolute atomic E-state index is 11.9. The van der Waals surface area contributed by atoms with Crippen molar-refractivity contribution in [2.75, 3.05) is 19.7 Å². The summed E-state index contributed by atoms with van der Waals surface area (Å²) in [5.74, 6) is -0.444. The van der Waals surface area contributed by atoms with Crippen LogP contribution in [-0.2, 0) is 9.53 Å². The van der Waals surface area contributed by atoms with E-state index in [1.165, 1.54) is 6.08 Å². The Balaban J connectivity index is 2.14. The van der Waals surface area contributed by atoms with E-state index in [-0.39, 0.29) is 18.6 Å². The first-order valence-corrected chi connectivity index (χ1v) is 6.61. The number of amides is 1. The molecule has 3 aliphatic rings. The topological polar surface area (TPSA) is 66.8 Å². The standard InChI is InChI=1S/C14H21NO4/c1-4-5-19-12(18)15-8-13(10(2)3)6-14(7-13,9-15)11(16)17/h4,10H,1,5-9H2,2-3H3,(H,16,17). The van der Waals surface area contributed by atoms with Crippen LogP contribution in [0.1, 0.15) is 26.7 Å². The Morgan fingerprint density at radius 3 is 2.53 bits per heavy atom. The number of carbonyl (C=O) groups excluding carboxylic acids is 1. The summed E-state index contributed by atoms with van der Waals surface area (Å²) in [6.45, 7) is 8.68. The van der Waals surface area contributed by atoms with Gasteiger partial charge in [-0.25, -0.2) is 4.79 Å². The third-order valence-electron chi connectivity index (χ3n) is 4.64. The van der Waals surface area contributed by atoms with Gasteiger partial charge in [-0.3, -0.25) is 4.79 Å². The van der Waals surface area contributed by atoms with Crippen LogP contribution in [0.3, 0.4) is 0 Å². The highest BCUT2D eigenvalue weighted by molar-refractivity contribution is 5.79. The molecule has 3 fully saturated rings. The van der Waals surface area contributed by atoms with Gasteiger partial charge in [0, 0.05) is 13.1 Å². The largest absolute Gasteiger partial charge is 0.481 e. The van der Waals surface area contributed by atoms with Crippen LogP contribution in [0.2, 0.25) is 0 Å². The van der Waals surface area contributed by atoms with E-state index < -0.39 is 17.5 Å². The molecule has 0 aromatic rings. The second-order valence-electron chi connectivity index (χ2n) is 6.18.